The maximum absolute atomic E-state index is 12.2. The van der Waals surface area contributed by atoms with Crippen molar-refractivity contribution in [2.75, 3.05) is 13.7 Å². The molecule has 3 atom stereocenters. The molecule has 0 aliphatic carbocycles. The van der Waals surface area contributed by atoms with Crippen LogP contribution in [0.25, 0.3) is 0 Å². The standard InChI is InChI=1S/C12H22N2O3/c1-5-9(7-17-4)14-8(3)11(15)13-10(6-2)12(14)16/h8-10H,5-7H2,1-4H3,(H,13,15). The van der Waals surface area contributed by atoms with Gasteiger partial charge in [-0.15, -0.1) is 0 Å². The summed E-state index contributed by atoms with van der Waals surface area (Å²) < 4.78 is 5.12. The van der Waals surface area contributed by atoms with Crippen molar-refractivity contribution < 1.29 is 14.3 Å². The lowest BCUT2D eigenvalue weighted by atomic mass is 10.0. The van der Waals surface area contributed by atoms with Gasteiger partial charge in [0, 0.05) is 7.11 Å². The smallest absolute Gasteiger partial charge is 0.246 e. The van der Waals surface area contributed by atoms with Gasteiger partial charge in [-0.1, -0.05) is 13.8 Å². The van der Waals surface area contributed by atoms with E-state index in [-0.39, 0.29) is 23.9 Å². The lowest BCUT2D eigenvalue weighted by Gasteiger charge is -2.41. The van der Waals surface area contributed by atoms with Gasteiger partial charge in [0.25, 0.3) is 0 Å². The van der Waals surface area contributed by atoms with E-state index < -0.39 is 6.04 Å². The number of nitrogens with one attached hydrogen (secondary N) is 1. The van der Waals surface area contributed by atoms with Gasteiger partial charge in [0.15, 0.2) is 0 Å². The zero-order valence-electron chi connectivity index (χ0n) is 11.0. The highest BCUT2D eigenvalue weighted by Crippen LogP contribution is 2.17. The molecule has 0 saturated carbocycles. The molecular formula is C12H22N2O3. The van der Waals surface area contributed by atoms with Crippen LogP contribution in [0.2, 0.25) is 0 Å². The molecule has 1 rings (SSSR count). The van der Waals surface area contributed by atoms with E-state index in [2.05, 4.69) is 5.32 Å². The second-order valence-corrected chi connectivity index (χ2v) is 4.41. The molecule has 17 heavy (non-hydrogen) atoms. The van der Waals surface area contributed by atoms with Gasteiger partial charge in [0.1, 0.15) is 12.1 Å². The fourth-order valence-corrected chi connectivity index (χ4v) is 2.21. The van der Waals surface area contributed by atoms with Crippen LogP contribution < -0.4 is 5.32 Å². The summed E-state index contributed by atoms with van der Waals surface area (Å²) in [5, 5.41) is 2.75. The number of rotatable bonds is 5. The number of ether oxygens (including phenoxy) is 1. The third kappa shape index (κ3) is 2.77. The highest BCUT2D eigenvalue weighted by molar-refractivity contribution is 5.96. The minimum Gasteiger partial charge on any atom is -0.383 e. The number of methoxy groups -OCH3 is 1. The van der Waals surface area contributed by atoms with Crippen molar-refractivity contribution in [3.63, 3.8) is 0 Å². The molecule has 2 amide bonds. The Bertz CT molecular complexity index is 293. The second-order valence-electron chi connectivity index (χ2n) is 4.41. The number of carbonyl (C=O) groups excluding carboxylic acids is 2. The average Bonchev–Trinajstić information content (AvgIpc) is 2.32. The largest absolute Gasteiger partial charge is 0.383 e. The van der Waals surface area contributed by atoms with Crippen LogP contribution in [0.4, 0.5) is 0 Å². The quantitative estimate of drug-likeness (QED) is 0.765. The number of piperazine rings is 1. The molecule has 5 nitrogen and oxygen atoms in total. The van der Waals surface area contributed by atoms with Crippen molar-refractivity contribution in [1.29, 1.82) is 0 Å². The van der Waals surface area contributed by atoms with Gasteiger partial charge >= 0.3 is 0 Å². The second kappa shape index (κ2) is 6.00. The van der Waals surface area contributed by atoms with Gasteiger partial charge in [0.05, 0.1) is 12.6 Å². The molecule has 0 aromatic heterocycles. The molecule has 98 valence electrons. The van der Waals surface area contributed by atoms with Crippen LogP contribution in [0.5, 0.6) is 0 Å². The summed E-state index contributed by atoms with van der Waals surface area (Å²) in [5.74, 6) is -0.0745. The van der Waals surface area contributed by atoms with Gasteiger partial charge in [-0.3, -0.25) is 9.59 Å². The van der Waals surface area contributed by atoms with Crippen molar-refractivity contribution in [2.45, 2.75) is 51.7 Å². The molecule has 0 aromatic rings. The Morgan fingerprint density at radius 2 is 2.06 bits per heavy atom. The first-order chi connectivity index (χ1) is 8.06. The third-order valence-electron chi connectivity index (χ3n) is 3.30. The molecule has 1 N–H and O–H groups in total. The van der Waals surface area contributed by atoms with Crippen molar-refractivity contribution in [3.8, 4) is 0 Å². The molecule has 3 unspecified atom stereocenters. The minimum atomic E-state index is -0.412. The number of carbonyl (C=O) groups is 2. The summed E-state index contributed by atoms with van der Waals surface area (Å²) in [7, 11) is 1.61. The monoisotopic (exact) mass is 242 g/mol. The molecule has 1 fully saturated rings. The molecular weight excluding hydrogens is 220 g/mol. The van der Waals surface area contributed by atoms with E-state index in [0.29, 0.717) is 13.0 Å². The van der Waals surface area contributed by atoms with Crippen LogP contribution in [-0.4, -0.2) is 48.6 Å². The van der Waals surface area contributed by atoms with Gasteiger partial charge in [-0.2, -0.15) is 0 Å². The number of hydrogen-bond donors (Lipinski definition) is 1. The summed E-state index contributed by atoms with van der Waals surface area (Å²) in [6.45, 7) is 6.12. The van der Waals surface area contributed by atoms with Crippen LogP contribution in [0, 0.1) is 0 Å². The summed E-state index contributed by atoms with van der Waals surface area (Å²) in [4.78, 5) is 25.7. The maximum Gasteiger partial charge on any atom is 0.246 e. The average molecular weight is 242 g/mol. The molecule has 1 aliphatic heterocycles. The molecule has 5 heteroatoms. The molecule has 0 bridgehead atoms. The predicted molar refractivity (Wildman–Crippen MR) is 64.5 cm³/mol. The molecule has 1 heterocycles. The number of nitrogens with zero attached hydrogens (tertiary/aromatic N) is 1. The molecule has 1 saturated heterocycles. The summed E-state index contributed by atoms with van der Waals surface area (Å²) in [5.41, 5.74) is 0. The van der Waals surface area contributed by atoms with Gasteiger partial charge in [0.2, 0.25) is 11.8 Å². The highest BCUT2D eigenvalue weighted by Gasteiger charge is 2.40. The lowest BCUT2D eigenvalue weighted by Crippen LogP contribution is -2.65. The number of hydrogen-bond acceptors (Lipinski definition) is 3. The van der Waals surface area contributed by atoms with Crippen molar-refractivity contribution >= 4 is 11.8 Å². The molecule has 0 spiro atoms. The van der Waals surface area contributed by atoms with Gasteiger partial charge in [-0.05, 0) is 19.8 Å². The van der Waals surface area contributed by atoms with E-state index in [0.717, 1.165) is 6.42 Å². The normalized spacial score (nSPS) is 26.9. The molecule has 0 radical (unpaired) electrons. The SMILES string of the molecule is CCC1NC(=O)C(C)N(C(CC)COC)C1=O. The summed E-state index contributed by atoms with van der Waals surface area (Å²) in [6, 6.07) is -0.822. The fraction of sp³-hybridized carbons (Fsp3) is 0.833. The fourth-order valence-electron chi connectivity index (χ4n) is 2.21. The van der Waals surface area contributed by atoms with Crippen LogP contribution in [0.1, 0.15) is 33.6 Å². The van der Waals surface area contributed by atoms with Crippen LogP contribution in [0.3, 0.4) is 0 Å². The first kappa shape index (κ1) is 14.0. The lowest BCUT2D eigenvalue weighted by molar-refractivity contribution is -0.152. The Morgan fingerprint density at radius 3 is 2.53 bits per heavy atom. The first-order valence-corrected chi connectivity index (χ1v) is 6.18. The maximum atomic E-state index is 12.2. The minimum absolute atomic E-state index is 0.00324. The van der Waals surface area contributed by atoms with Crippen molar-refractivity contribution in [2.24, 2.45) is 0 Å². The zero-order chi connectivity index (χ0) is 13.0. The van der Waals surface area contributed by atoms with E-state index in [4.69, 9.17) is 4.74 Å². The Labute approximate surface area is 102 Å². The van der Waals surface area contributed by atoms with Crippen molar-refractivity contribution in [3.05, 3.63) is 0 Å². The van der Waals surface area contributed by atoms with Gasteiger partial charge in [-0.25, -0.2) is 0 Å². The summed E-state index contributed by atoms with van der Waals surface area (Å²) >= 11 is 0. The summed E-state index contributed by atoms with van der Waals surface area (Å²) in [6.07, 6.45) is 1.41. The topological polar surface area (TPSA) is 58.6 Å². The van der Waals surface area contributed by atoms with E-state index in [1.54, 1.807) is 18.9 Å². The Balaban J connectivity index is 2.91. The molecule has 1 aliphatic rings. The Kier molecular flexibility index (Phi) is 4.93. The van der Waals surface area contributed by atoms with E-state index in [1.165, 1.54) is 0 Å². The highest BCUT2D eigenvalue weighted by atomic mass is 16.5. The van der Waals surface area contributed by atoms with Crippen LogP contribution in [0.15, 0.2) is 0 Å². The Morgan fingerprint density at radius 1 is 1.41 bits per heavy atom. The predicted octanol–water partition coefficient (Wildman–Crippen LogP) is 0.537. The first-order valence-electron chi connectivity index (χ1n) is 6.18. The van der Waals surface area contributed by atoms with Crippen LogP contribution >= 0.6 is 0 Å². The van der Waals surface area contributed by atoms with Gasteiger partial charge < -0.3 is 15.0 Å². The zero-order valence-corrected chi connectivity index (χ0v) is 11.0. The van der Waals surface area contributed by atoms with E-state index in [9.17, 15) is 9.59 Å². The third-order valence-corrected chi connectivity index (χ3v) is 3.30. The molecule has 0 aromatic carbocycles. The Hall–Kier alpha value is -1.10. The van der Waals surface area contributed by atoms with Crippen molar-refractivity contribution in [1.82, 2.24) is 10.2 Å². The van der Waals surface area contributed by atoms with E-state index in [1.807, 2.05) is 13.8 Å². The van der Waals surface area contributed by atoms with Crippen LogP contribution in [-0.2, 0) is 14.3 Å². The number of amides is 2. The van der Waals surface area contributed by atoms with E-state index >= 15 is 0 Å².